The molecule has 1 unspecified atom stereocenters. The van der Waals surface area contributed by atoms with Crippen LogP contribution < -0.4 is 10.6 Å². The Hall–Kier alpha value is -3.68. The first-order chi connectivity index (χ1) is 20.8. The lowest BCUT2D eigenvalue weighted by molar-refractivity contribution is 0.358. The van der Waals surface area contributed by atoms with Crippen LogP contribution in [0, 0.1) is 0 Å². The van der Waals surface area contributed by atoms with Gasteiger partial charge in [-0.3, -0.25) is 4.99 Å². The molecule has 6 aliphatic rings. The van der Waals surface area contributed by atoms with Crippen LogP contribution in [-0.2, 0) is 0 Å². The zero-order valence-corrected chi connectivity index (χ0v) is 24.0. The maximum Gasteiger partial charge on any atom is 0.124 e. The van der Waals surface area contributed by atoms with E-state index < -0.39 is 0 Å². The van der Waals surface area contributed by atoms with E-state index in [1.54, 1.807) is 0 Å². The van der Waals surface area contributed by atoms with Gasteiger partial charge in [-0.15, -0.1) is 10.2 Å². The van der Waals surface area contributed by atoms with Crippen molar-refractivity contribution in [2.45, 2.75) is 81.7 Å². The molecule has 4 aromatic rings. The molecule has 42 heavy (non-hydrogen) atoms. The number of nitrogens with zero attached hydrogens (tertiary/aromatic N) is 4. The molecule has 2 atom stereocenters. The van der Waals surface area contributed by atoms with Gasteiger partial charge in [0.2, 0.25) is 0 Å². The van der Waals surface area contributed by atoms with Crippen LogP contribution in [0.2, 0.25) is 0 Å². The van der Waals surface area contributed by atoms with E-state index in [1.807, 2.05) is 0 Å². The van der Waals surface area contributed by atoms with Crippen molar-refractivity contribution < 1.29 is 0 Å². The Balaban J connectivity index is 1.05. The predicted octanol–water partition coefficient (Wildman–Crippen LogP) is 6.80. The normalized spacial score (nSPS) is 26.6. The quantitative estimate of drug-likeness (QED) is 0.252. The summed E-state index contributed by atoms with van der Waals surface area (Å²) in [6.45, 7) is 2.17. The van der Waals surface area contributed by atoms with Crippen molar-refractivity contribution >= 4 is 22.3 Å². The van der Waals surface area contributed by atoms with Crippen molar-refractivity contribution in [3.8, 4) is 22.5 Å². The van der Waals surface area contributed by atoms with Gasteiger partial charge in [-0.1, -0.05) is 30.3 Å². The van der Waals surface area contributed by atoms with Gasteiger partial charge in [0.25, 0.3) is 0 Å². The van der Waals surface area contributed by atoms with Gasteiger partial charge in [-0.2, -0.15) is 0 Å². The van der Waals surface area contributed by atoms with Gasteiger partial charge in [0.15, 0.2) is 0 Å². The van der Waals surface area contributed by atoms with Crippen LogP contribution in [0.25, 0.3) is 39.1 Å². The van der Waals surface area contributed by atoms with Gasteiger partial charge in [0.05, 0.1) is 28.5 Å². The molecule has 3 aliphatic heterocycles. The van der Waals surface area contributed by atoms with E-state index in [0.717, 1.165) is 59.7 Å². The van der Waals surface area contributed by atoms with Gasteiger partial charge in [-0.25, -0.2) is 4.98 Å². The van der Waals surface area contributed by atoms with E-state index in [2.05, 4.69) is 64.3 Å². The summed E-state index contributed by atoms with van der Waals surface area (Å²) < 4.78 is 0. The molecule has 0 amide bonds. The summed E-state index contributed by atoms with van der Waals surface area (Å²) in [5.41, 5.74) is 13.4. The number of fused-ring (bicyclic) bond motifs is 3. The number of hydrogen-bond acceptors (Lipinski definition) is 6. The second-order valence-electron chi connectivity index (χ2n) is 13.0. The van der Waals surface area contributed by atoms with E-state index in [-0.39, 0.29) is 0 Å². The molecule has 2 aromatic carbocycles. The predicted molar refractivity (Wildman–Crippen MR) is 168 cm³/mol. The number of allylic oxidation sites excluding steroid dienone is 1. The second-order valence-corrected chi connectivity index (χ2v) is 13.0. The summed E-state index contributed by atoms with van der Waals surface area (Å²) in [5.74, 6) is 2.18. The van der Waals surface area contributed by atoms with Crippen LogP contribution in [0.15, 0.2) is 53.7 Å². The largest absolute Gasteiger partial charge is 0.341 e. The minimum atomic E-state index is 0.332. The summed E-state index contributed by atoms with van der Waals surface area (Å²) in [6.07, 6.45) is 12.8. The molecule has 0 radical (unpaired) electrons. The summed E-state index contributed by atoms with van der Waals surface area (Å²) in [7, 11) is 0. The molecule has 212 valence electrons. The summed E-state index contributed by atoms with van der Waals surface area (Å²) in [6, 6.07) is 16.4. The third-order valence-electron chi connectivity index (χ3n) is 10.5. The highest BCUT2D eigenvalue weighted by atomic mass is 15.1. The highest BCUT2D eigenvalue weighted by molar-refractivity contribution is 6.01. The molecule has 3 fully saturated rings. The fraction of sp³-hybridized carbons (Fsp3) is 0.429. The zero-order valence-electron chi connectivity index (χ0n) is 24.0. The van der Waals surface area contributed by atoms with Crippen molar-refractivity contribution in [1.29, 1.82) is 0 Å². The van der Waals surface area contributed by atoms with E-state index in [0.29, 0.717) is 23.9 Å². The lowest BCUT2D eigenvalue weighted by atomic mass is 9.65. The lowest BCUT2D eigenvalue weighted by Gasteiger charge is -2.40. The number of aromatic amines is 1. The molecule has 1 saturated carbocycles. The third-order valence-corrected chi connectivity index (χ3v) is 10.5. The van der Waals surface area contributed by atoms with E-state index in [4.69, 9.17) is 20.2 Å². The van der Waals surface area contributed by atoms with Gasteiger partial charge < -0.3 is 15.6 Å². The molecule has 2 saturated heterocycles. The minimum Gasteiger partial charge on any atom is -0.341 e. The lowest BCUT2D eigenvalue weighted by Crippen LogP contribution is -2.29. The molecule has 2 bridgehead atoms. The van der Waals surface area contributed by atoms with Gasteiger partial charge >= 0.3 is 0 Å². The second kappa shape index (κ2) is 9.96. The SMILES string of the molecule is C1=C(c2ccc(-c3nnc(-c4ccc5nc([C@@H]6CCCN6)[nH]c5c4)c4c3C3CCC4CC3)cc2)CC(C2CCCN2)=N1. The number of benzene rings is 2. The molecule has 5 heterocycles. The molecular formula is C35H37N7. The van der Waals surface area contributed by atoms with Gasteiger partial charge in [0, 0.05) is 35.5 Å². The molecule has 2 aromatic heterocycles. The van der Waals surface area contributed by atoms with Crippen molar-refractivity contribution in [2.24, 2.45) is 4.99 Å². The first-order valence-electron chi connectivity index (χ1n) is 16.0. The topological polar surface area (TPSA) is 90.9 Å². The fourth-order valence-corrected chi connectivity index (χ4v) is 8.29. The van der Waals surface area contributed by atoms with Gasteiger partial charge in [-0.05, 0) is 111 Å². The van der Waals surface area contributed by atoms with Crippen LogP contribution in [-0.4, -0.2) is 45.0 Å². The summed E-state index contributed by atoms with van der Waals surface area (Å²) >= 11 is 0. The molecule has 10 rings (SSSR count). The van der Waals surface area contributed by atoms with E-state index in [1.165, 1.54) is 78.5 Å². The van der Waals surface area contributed by atoms with Crippen molar-refractivity contribution in [2.75, 3.05) is 13.1 Å². The Morgan fingerprint density at radius 1 is 0.667 bits per heavy atom. The number of rotatable bonds is 5. The standard InChI is InChI=1S/C35H37N7/c1-3-26(36-15-1)29-18-25(19-38-29)20-5-11-23(12-6-20)33-31-21-7-9-22(10-8-21)32(31)34(42-41-33)24-13-14-27-30(17-24)40-35(39-27)28-4-2-16-37-28/h5-6,11-14,17,19,21-22,26,28,36-37H,1-4,7-10,15-16,18H2,(H,39,40)/t21?,22?,26?,28-/m0/s1. The molecule has 0 spiro atoms. The minimum absolute atomic E-state index is 0.332. The zero-order chi connectivity index (χ0) is 27.6. The van der Waals surface area contributed by atoms with Crippen molar-refractivity contribution in [3.05, 3.63) is 71.2 Å². The van der Waals surface area contributed by atoms with Crippen molar-refractivity contribution in [1.82, 2.24) is 30.8 Å². The number of imidazole rings is 1. The van der Waals surface area contributed by atoms with Crippen LogP contribution >= 0.6 is 0 Å². The smallest absolute Gasteiger partial charge is 0.124 e. The average molecular weight is 556 g/mol. The number of aromatic nitrogens is 4. The van der Waals surface area contributed by atoms with Crippen LogP contribution in [0.5, 0.6) is 0 Å². The molecular weight excluding hydrogens is 518 g/mol. The fourth-order valence-electron chi connectivity index (χ4n) is 8.29. The maximum atomic E-state index is 4.97. The monoisotopic (exact) mass is 555 g/mol. The molecule has 7 nitrogen and oxygen atoms in total. The van der Waals surface area contributed by atoms with Crippen LogP contribution in [0.4, 0.5) is 0 Å². The number of nitrogens with one attached hydrogen (secondary N) is 3. The number of hydrogen-bond donors (Lipinski definition) is 3. The van der Waals surface area contributed by atoms with Crippen LogP contribution in [0.1, 0.15) is 98.2 Å². The molecule has 3 N–H and O–H groups in total. The molecule has 7 heteroatoms. The van der Waals surface area contributed by atoms with Crippen molar-refractivity contribution in [3.63, 3.8) is 0 Å². The highest BCUT2D eigenvalue weighted by Gasteiger charge is 2.38. The number of H-pyrrole nitrogens is 1. The Kier molecular flexibility index (Phi) is 5.90. The number of aliphatic imine (C=N–C) groups is 1. The van der Waals surface area contributed by atoms with Gasteiger partial charge in [0.1, 0.15) is 5.82 Å². The Bertz CT molecular complexity index is 1730. The Morgan fingerprint density at radius 3 is 2.00 bits per heavy atom. The first-order valence-corrected chi connectivity index (χ1v) is 16.0. The van der Waals surface area contributed by atoms with E-state index in [9.17, 15) is 0 Å². The summed E-state index contributed by atoms with van der Waals surface area (Å²) in [4.78, 5) is 13.3. The molecule has 3 aliphatic carbocycles. The third kappa shape index (κ3) is 4.08. The van der Waals surface area contributed by atoms with E-state index >= 15 is 0 Å². The Labute approximate surface area is 246 Å². The highest BCUT2D eigenvalue weighted by Crippen LogP contribution is 2.54. The average Bonchev–Trinajstić information content (AvgIpc) is 3.87. The maximum absolute atomic E-state index is 4.97. The summed E-state index contributed by atoms with van der Waals surface area (Å²) in [5, 5.41) is 17.1. The van der Waals surface area contributed by atoms with Crippen LogP contribution in [0.3, 0.4) is 0 Å². The Morgan fingerprint density at radius 2 is 1.31 bits per heavy atom. The first kappa shape index (κ1) is 24.9.